The molecule has 2 aromatic heterocycles. The summed E-state index contributed by atoms with van der Waals surface area (Å²) in [4.78, 5) is 19.9. The van der Waals surface area contributed by atoms with Crippen LogP contribution in [-0.2, 0) is 11.3 Å². The highest BCUT2D eigenvalue weighted by Gasteiger charge is 2.27. The molecular weight excluding hydrogens is 457 g/mol. The monoisotopic (exact) mass is 485 g/mol. The lowest BCUT2D eigenvalue weighted by atomic mass is 9.98. The normalized spacial score (nSPS) is 16.2. The summed E-state index contributed by atoms with van der Waals surface area (Å²) in [5.74, 6) is 0.841. The first-order valence-electron chi connectivity index (χ1n) is 12.1. The van der Waals surface area contributed by atoms with Crippen LogP contribution < -0.4 is 5.32 Å². The number of halogens is 1. The summed E-state index contributed by atoms with van der Waals surface area (Å²) < 4.78 is 21.3. The number of rotatable bonds is 6. The molecule has 1 unspecified atom stereocenters. The number of nitriles is 1. The van der Waals surface area contributed by atoms with E-state index in [4.69, 9.17) is 4.42 Å². The Kier molecular flexibility index (Phi) is 6.57. The smallest absolute Gasteiger partial charge is 0.239 e. The minimum absolute atomic E-state index is 0.125. The lowest BCUT2D eigenvalue weighted by molar-refractivity contribution is -0.117. The Morgan fingerprint density at radius 2 is 2.00 bits per heavy atom. The Balaban J connectivity index is 1.31. The van der Waals surface area contributed by atoms with E-state index in [9.17, 15) is 14.4 Å². The zero-order valence-electron chi connectivity index (χ0n) is 20.4. The fourth-order valence-electron chi connectivity index (χ4n) is 4.94. The second kappa shape index (κ2) is 9.96. The standard InChI is InChI=1S/C28H28FN5O2/c1-18-19(2)34(15-20-9-11-22(29)12-10-20)27(23(18)14-30)32-26(35)17-33-13-5-6-21(16-33)28-31-24-7-3-4-8-25(24)36-28/h3-4,7-12,21H,5-6,13,15-17H2,1-2H3,(H,32,35). The summed E-state index contributed by atoms with van der Waals surface area (Å²) in [5.41, 5.74) is 4.67. The first-order valence-corrected chi connectivity index (χ1v) is 12.1. The summed E-state index contributed by atoms with van der Waals surface area (Å²) in [6, 6.07) is 16.2. The van der Waals surface area contributed by atoms with Crippen molar-refractivity contribution in [3.63, 3.8) is 0 Å². The molecule has 7 nitrogen and oxygen atoms in total. The number of carbonyl (C=O) groups excluding carboxylic acids is 1. The van der Waals surface area contributed by atoms with Crippen LogP contribution in [0.25, 0.3) is 11.1 Å². The van der Waals surface area contributed by atoms with E-state index < -0.39 is 0 Å². The van der Waals surface area contributed by atoms with Crippen LogP contribution >= 0.6 is 0 Å². The number of hydrogen-bond donors (Lipinski definition) is 1. The Morgan fingerprint density at radius 3 is 2.75 bits per heavy atom. The van der Waals surface area contributed by atoms with Gasteiger partial charge in [0.15, 0.2) is 11.5 Å². The van der Waals surface area contributed by atoms with E-state index in [1.807, 2.05) is 42.7 Å². The Hall–Kier alpha value is -3.96. The maximum absolute atomic E-state index is 13.4. The molecule has 0 radical (unpaired) electrons. The predicted molar refractivity (Wildman–Crippen MR) is 135 cm³/mol. The number of hydrogen-bond acceptors (Lipinski definition) is 5. The molecule has 1 atom stereocenters. The molecule has 36 heavy (non-hydrogen) atoms. The highest BCUT2D eigenvalue weighted by molar-refractivity contribution is 5.93. The molecule has 0 spiro atoms. The van der Waals surface area contributed by atoms with E-state index in [0.29, 0.717) is 30.4 Å². The number of fused-ring (bicyclic) bond motifs is 1. The van der Waals surface area contributed by atoms with Gasteiger partial charge in [-0.1, -0.05) is 24.3 Å². The number of nitrogens with zero attached hydrogens (tertiary/aromatic N) is 4. The highest BCUT2D eigenvalue weighted by atomic mass is 19.1. The van der Waals surface area contributed by atoms with Gasteiger partial charge in [-0.2, -0.15) is 5.26 Å². The Labute approximate surface area is 209 Å². The van der Waals surface area contributed by atoms with Gasteiger partial charge in [0.1, 0.15) is 23.2 Å². The molecule has 0 aliphatic carbocycles. The summed E-state index contributed by atoms with van der Waals surface area (Å²) in [5, 5.41) is 12.8. The summed E-state index contributed by atoms with van der Waals surface area (Å²) in [6.45, 7) is 5.92. The quantitative estimate of drug-likeness (QED) is 0.409. The van der Waals surface area contributed by atoms with Gasteiger partial charge in [0.2, 0.25) is 5.91 Å². The molecule has 3 heterocycles. The summed E-state index contributed by atoms with van der Waals surface area (Å²) >= 11 is 0. The molecule has 1 aliphatic rings. The second-order valence-electron chi connectivity index (χ2n) is 9.40. The third-order valence-electron chi connectivity index (χ3n) is 6.99. The van der Waals surface area contributed by atoms with E-state index >= 15 is 0 Å². The number of para-hydroxylation sites is 2. The van der Waals surface area contributed by atoms with E-state index in [-0.39, 0.29) is 24.2 Å². The van der Waals surface area contributed by atoms with Crippen LogP contribution in [0.4, 0.5) is 10.2 Å². The molecule has 1 aliphatic heterocycles. The molecule has 5 rings (SSSR count). The first-order chi connectivity index (χ1) is 17.4. The Morgan fingerprint density at radius 1 is 1.22 bits per heavy atom. The molecule has 8 heteroatoms. The first kappa shape index (κ1) is 23.8. The number of piperidine rings is 1. The largest absolute Gasteiger partial charge is 0.440 e. The fraction of sp³-hybridized carbons (Fsp3) is 0.321. The molecule has 184 valence electrons. The number of likely N-dealkylation sites (tertiary alicyclic amines) is 1. The number of amides is 1. The third-order valence-corrected chi connectivity index (χ3v) is 6.99. The number of oxazole rings is 1. The predicted octanol–water partition coefficient (Wildman–Crippen LogP) is 5.12. The van der Waals surface area contributed by atoms with Crippen molar-refractivity contribution >= 4 is 22.8 Å². The van der Waals surface area contributed by atoms with Crippen LogP contribution in [0.3, 0.4) is 0 Å². The molecule has 0 bridgehead atoms. The summed E-state index contributed by atoms with van der Waals surface area (Å²) in [6.07, 6.45) is 1.90. The van der Waals surface area contributed by atoms with Crippen molar-refractivity contribution in [2.75, 3.05) is 25.0 Å². The number of carbonyl (C=O) groups is 1. The molecule has 1 fully saturated rings. The van der Waals surface area contributed by atoms with Gasteiger partial charge in [-0.25, -0.2) is 9.37 Å². The van der Waals surface area contributed by atoms with Gasteiger partial charge in [-0.05, 0) is 68.6 Å². The van der Waals surface area contributed by atoms with Gasteiger partial charge < -0.3 is 14.3 Å². The van der Waals surface area contributed by atoms with Gasteiger partial charge >= 0.3 is 0 Å². The molecular formula is C28H28FN5O2. The van der Waals surface area contributed by atoms with Crippen molar-refractivity contribution in [3.8, 4) is 6.07 Å². The van der Waals surface area contributed by atoms with E-state index in [0.717, 1.165) is 47.3 Å². The molecule has 1 amide bonds. The molecule has 1 saturated heterocycles. The number of aromatic nitrogens is 2. The van der Waals surface area contributed by atoms with Gasteiger partial charge in [-0.15, -0.1) is 0 Å². The van der Waals surface area contributed by atoms with E-state index in [1.54, 1.807) is 12.1 Å². The van der Waals surface area contributed by atoms with Gasteiger partial charge in [0.05, 0.1) is 12.1 Å². The average molecular weight is 486 g/mol. The maximum atomic E-state index is 13.4. The van der Waals surface area contributed by atoms with Crippen molar-refractivity contribution in [2.24, 2.45) is 0 Å². The zero-order valence-corrected chi connectivity index (χ0v) is 20.4. The Bertz CT molecular complexity index is 1410. The number of anilines is 1. The lowest BCUT2D eigenvalue weighted by Gasteiger charge is -2.30. The van der Waals surface area contributed by atoms with Crippen molar-refractivity contribution in [3.05, 3.63) is 82.6 Å². The minimum Gasteiger partial charge on any atom is -0.440 e. The molecule has 2 aromatic carbocycles. The van der Waals surface area contributed by atoms with Crippen molar-refractivity contribution in [2.45, 2.75) is 39.2 Å². The van der Waals surface area contributed by atoms with Crippen LogP contribution in [0, 0.1) is 31.0 Å². The molecule has 1 N–H and O–H groups in total. The van der Waals surface area contributed by atoms with Crippen LogP contribution in [0.2, 0.25) is 0 Å². The number of benzene rings is 2. The van der Waals surface area contributed by atoms with Crippen LogP contribution in [0.1, 0.15) is 47.0 Å². The average Bonchev–Trinajstić information content (AvgIpc) is 3.40. The SMILES string of the molecule is Cc1c(C#N)c(NC(=O)CN2CCCC(c3nc4ccccc4o3)C2)n(Cc2ccc(F)cc2)c1C. The van der Waals surface area contributed by atoms with Crippen LogP contribution in [0.15, 0.2) is 52.9 Å². The topological polar surface area (TPSA) is 87.1 Å². The number of nitrogens with one attached hydrogen (secondary N) is 1. The van der Waals surface area contributed by atoms with Crippen LogP contribution in [-0.4, -0.2) is 40.0 Å². The zero-order chi connectivity index (χ0) is 25.2. The fourth-order valence-corrected chi connectivity index (χ4v) is 4.94. The van der Waals surface area contributed by atoms with Gasteiger partial charge in [0, 0.05) is 24.7 Å². The summed E-state index contributed by atoms with van der Waals surface area (Å²) in [7, 11) is 0. The van der Waals surface area contributed by atoms with Gasteiger partial charge in [0.25, 0.3) is 0 Å². The molecule has 0 saturated carbocycles. The minimum atomic E-state index is -0.303. The van der Waals surface area contributed by atoms with Gasteiger partial charge in [-0.3, -0.25) is 9.69 Å². The van der Waals surface area contributed by atoms with Crippen molar-refractivity contribution < 1.29 is 13.6 Å². The van der Waals surface area contributed by atoms with Crippen LogP contribution in [0.5, 0.6) is 0 Å². The second-order valence-corrected chi connectivity index (χ2v) is 9.40. The van der Waals surface area contributed by atoms with Crippen molar-refractivity contribution in [1.29, 1.82) is 5.26 Å². The van der Waals surface area contributed by atoms with Crippen molar-refractivity contribution in [1.82, 2.24) is 14.5 Å². The lowest BCUT2D eigenvalue weighted by Crippen LogP contribution is -2.40. The molecule has 4 aromatic rings. The van der Waals surface area contributed by atoms with E-state index in [1.165, 1.54) is 12.1 Å². The third kappa shape index (κ3) is 4.75. The highest BCUT2D eigenvalue weighted by Crippen LogP contribution is 2.30. The maximum Gasteiger partial charge on any atom is 0.239 e. The van der Waals surface area contributed by atoms with E-state index in [2.05, 4.69) is 21.3 Å².